The fourth-order valence-electron chi connectivity index (χ4n) is 5.44. The number of quaternary nitrogens is 1. The molecule has 3 aromatic carbocycles. The van der Waals surface area contributed by atoms with Crippen molar-refractivity contribution in [2.75, 3.05) is 23.4 Å². The Labute approximate surface area is 241 Å². The minimum Gasteiger partial charge on any atom is -0.362 e. The van der Waals surface area contributed by atoms with E-state index in [2.05, 4.69) is 10.6 Å². The topological polar surface area (TPSA) is 58.2 Å². The number of hydrogen-bond donors (Lipinski definition) is 2. The zero-order valence-corrected chi connectivity index (χ0v) is 23.0. The summed E-state index contributed by atoms with van der Waals surface area (Å²) in [5.41, 5.74) is 4.96. The van der Waals surface area contributed by atoms with Crippen molar-refractivity contribution in [2.24, 2.45) is 0 Å². The second kappa shape index (κ2) is 10.9. The molecule has 1 aliphatic carbocycles. The summed E-state index contributed by atoms with van der Waals surface area (Å²) >= 11 is 8.46. The molecule has 8 heteroatoms. The first-order valence-corrected chi connectivity index (χ1v) is 14.5. The van der Waals surface area contributed by atoms with Gasteiger partial charge in [0.15, 0.2) is 11.9 Å². The molecule has 2 unspecified atom stereocenters. The van der Waals surface area contributed by atoms with Crippen LogP contribution in [0.1, 0.15) is 20.7 Å². The van der Waals surface area contributed by atoms with Crippen LogP contribution in [0.15, 0.2) is 120 Å². The lowest BCUT2D eigenvalue weighted by atomic mass is 9.97. The van der Waals surface area contributed by atoms with Crippen molar-refractivity contribution in [1.29, 1.82) is 0 Å². The second-order valence-corrected chi connectivity index (χ2v) is 11.2. The van der Waals surface area contributed by atoms with E-state index < -0.39 is 6.17 Å². The van der Waals surface area contributed by atoms with Crippen LogP contribution in [-0.2, 0) is 0 Å². The highest BCUT2D eigenvalue weighted by Gasteiger charge is 2.51. The third kappa shape index (κ3) is 4.60. The van der Waals surface area contributed by atoms with Crippen LogP contribution in [0.5, 0.6) is 0 Å². The Bertz CT molecular complexity index is 1630. The number of rotatable bonds is 4. The van der Waals surface area contributed by atoms with Crippen LogP contribution in [0.2, 0.25) is 5.02 Å². The average Bonchev–Trinajstić information content (AvgIpc) is 3.16. The molecule has 0 bridgehead atoms. The quantitative estimate of drug-likeness (QED) is 0.329. The van der Waals surface area contributed by atoms with Gasteiger partial charge in [-0.25, -0.2) is 9.18 Å². The summed E-state index contributed by atoms with van der Waals surface area (Å²) in [5, 5.41) is 6.23. The fraction of sp³-hybridized carbons (Fsp3) is 0.125. The molecule has 0 aromatic heterocycles. The molecule has 5 nitrogen and oxygen atoms in total. The zero-order chi connectivity index (χ0) is 27.7. The molecule has 2 N–H and O–H groups in total. The van der Waals surface area contributed by atoms with Gasteiger partial charge in [0.1, 0.15) is 12.2 Å². The molecule has 0 saturated carbocycles. The van der Waals surface area contributed by atoms with Crippen molar-refractivity contribution < 1.29 is 18.5 Å². The van der Waals surface area contributed by atoms with Gasteiger partial charge in [-0.05, 0) is 41.5 Å². The molecule has 6 rings (SSSR count). The van der Waals surface area contributed by atoms with Gasteiger partial charge in [-0.2, -0.15) is 4.48 Å². The van der Waals surface area contributed by atoms with E-state index in [0.29, 0.717) is 40.4 Å². The van der Waals surface area contributed by atoms with Crippen molar-refractivity contribution >= 4 is 40.9 Å². The van der Waals surface area contributed by atoms with Crippen LogP contribution >= 0.6 is 23.4 Å². The summed E-state index contributed by atoms with van der Waals surface area (Å²) in [6.07, 6.45) is 7.09. The van der Waals surface area contributed by atoms with E-state index in [1.807, 2.05) is 54.6 Å². The van der Waals surface area contributed by atoms with Gasteiger partial charge in [-0.15, -0.1) is 11.8 Å². The maximum absolute atomic E-state index is 15.0. The number of carbonyl (C=O) groups excluding carboxylic acids is 2. The van der Waals surface area contributed by atoms with E-state index in [0.717, 1.165) is 22.6 Å². The zero-order valence-electron chi connectivity index (χ0n) is 21.4. The number of anilines is 1. The summed E-state index contributed by atoms with van der Waals surface area (Å²) in [4.78, 5) is 27.7. The molecule has 2 amide bonds. The summed E-state index contributed by atoms with van der Waals surface area (Å²) in [6, 6.07) is 22.0. The standard InChI is InChI=1S/C32H25ClFN3O2S/c33-28-17-22(36-31(38)25-10-5-4-9-24(25)21-7-2-1-3-8-21)13-14-26(28)32(39)37-15-16-40-20-23(37)18-35-19-27-29(34)11-6-12-30(27)37/h1-14,17-19,29,35H,15-16,20H2/p+1. The highest BCUT2D eigenvalue weighted by Crippen LogP contribution is 2.43. The molecule has 2 atom stereocenters. The van der Waals surface area contributed by atoms with E-state index in [4.69, 9.17) is 11.6 Å². The number of nitrogens with one attached hydrogen (secondary N) is 2. The molecule has 2 aliphatic heterocycles. The number of allylic oxidation sites excluding steroid dienone is 4. The van der Waals surface area contributed by atoms with Crippen molar-refractivity contribution in [3.63, 3.8) is 0 Å². The molecular weight excluding hydrogens is 545 g/mol. The number of alkyl halides is 1. The Morgan fingerprint density at radius 2 is 1.80 bits per heavy atom. The van der Waals surface area contributed by atoms with Gasteiger partial charge < -0.3 is 10.6 Å². The number of benzene rings is 3. The third-order valence-electron chi connectivity index (χ3n) is 7.40. The molecule has 1 fully saturated rings. The molecule has 200 valence electrons. The summed E-state index contributed by atoms with van der Waals surface area (Å²) in [6.45, 7) is 0.478. The Morgan fingerprint density at radius 3 is 2.62 bits per heavy atom. The Morgan fingerprint density at radius 1 is 1.00 bits per heavy atom. The maximum atomic E-state index is 15.0. The van der Waals surface area contributed by atoms with Gasteiger partial charge in [-0.3, -0.25) is 4.79 Å². The number of thioether (sulfide) groups is 1. The van der Waals surface area contributed by atoms with Crippen molar-refractivity contribution in [3.05, 3.63) is 137 Å². The summed E-state index contributed by atoms with van der Waals surface area (Å²) < 4.78 is 14.9. The van der Waals surface area contributed by atoms with Gasteiger partial charge >= 0.3 is 5.91 Å². The normalized spacial score (nSPS) is 21.4. The number of nitrogens with zero attached hydrogens (tertiary/aromatic N) is 1. The Balaban J connectivity index is 1.32. The maximum Gasteiger partial charge on any atom is 0.357 e. The number of hydrogen-bond acceptors (Lipinski definition) is 4. The highest BCUT2D eigenvalue weighted by molar-refractivity contribution is 7.99. The number of fused-ring (bicyclic) bond motifs is 3. The lowest BCUT2D eigenvalue weighted by Gasteiger charge is -2.41. The van der Waals surface area contributed by atoms with Crippen LogP contribution in [0.25, 0.3) is 11.1 Å². The number of amides is 2. The minimum absolute atomic E-state index is 0.119. The Hall–Kier alpha value is -3.91. The van der Waals surface area contributed by atoms with Gasteiger partial charge in [0.2, 0.25) is 0 Å². The van der Waals surface area contributed by atoms with E-state index in [-0.39, 0.29) is 21.3 Å². The van der Waals surface area contributed by atoms with E-state index in [9.17, 15) is 14.0 Å². The van der Waals surface area contributed by atoms with Crippen molar-refractivity contribution in [1.82, 2.24) is 5.32 Å². The monoisotopic (exact) mass is 570 g/mol. The molecule has 0 spiro atoms. The van der Waals surface area contributed by atoms with Crippen LogP contribution in [0.3, 0.4) is 0 Å². The number of halogens is 2. The van der Waals surface area contributed by atoms with Crippen LogP contribution in [-0.4, -0.2) is 40.5 Å². The van der Waals surface area contributed by atoms with Gasteiger partial charge in [0.05, 0.1) is 28.1 Å². The van der Waals surface area contributed by atoms with E-state index in [1.165, 1.54) is 6.08 Å². The third-order valence-corrected chi connectivity index (χ3v) is 8.68. The van der Waals surface area contributed by atoms with Crippen LogP contribution < -0.4 is 10.6 Å². The van der Waals surface area contributed by atoms with Gasteiger partial charge in [0, 0.05) is 29.3 Å². The molecule has 40 heavy (non-hydrogen) atoms. The predicted octanol–water partition coefficient (Wildman–Crippen LogP) is 7.08. The Kier molecular flexibility index (Phi) is 7.19. The first kappa shape index (κ1) is 26.3. The molecule has 3 aromatic rings. The fourth-order valence-corrected chi connectivity index (χ4v) is 6.76. The molecule has 1 saturated heterocycles. The van der Waals surface area contributed by atoms with Gasteiger partial charge in [0.25, 0.3) is 5.91 Å². The predicted molar refractivity (Wildman–Crippen MR) is 159 cm³/mol. The van der Waals surface area contributed by atoms with Gasteiger partial charge in [-0.1, -0.05) is 66.2 Å². The summed E-state index contributed by atoms with van der Waals surface area (Å²) in [5.74, 6) is 0.856. The van der Waals surface area contributed by atoms with Crippen molar-refractivity contribution in [3.8, 4) is 11.1 Å². The lowest BCUT2D eigenvalue weighted by Crippen LogP contribution is -2.55. The van der Waals surface area contributed by atoms with Crippen LogP contribution in [0.4, 0.5) is 10.1 Å². The van der Waals surface area contributed by atoms with Crippen molar-refractivity contribution in [2.45, 2.75) is 6.17 Å². The highest BCUT2D eigenvalue weighted by atomic mass is 35.5. The summed E-state index contributed by atoms with van der Waals surface area (Å²) in [7, 11) is 0. The first-order valence-electron chi connectivity index (χ1n) is 12.9. The molecule has 2 heterocycles. The lowest BCUT2D eigenvalue weighted by molar-refractivity contribution is -0.766. The molecular formula is C32H26ClFN3O2S+. The van der Waals surface area contributed by atoms with E-state index >= 15 is 0 Å². The van der Waals surface area contributed by atoms with Crippen LogP contribution in [0, 0.1) is 0 Å². The second-order valence-electron chi connectivity index (χ2n) is 9.69. The first-order chi connectivity index (χ1) is 19.5. The molecule has 0 radical (unpaired) electrons. The largest absolute Gasteiger partial charge is 0.362 e. The van der Waals surface area contributed by atoms with E-state index in [1.54, 1.807) is 54.5 Å². The smallest absolute Gasteiger partial charge is 0.357 e. The molecule has 3 aliphatic rings. The minimum atomic E-state index is -1.32. The average molecular weight is 571 g/mol. The SMILES string of the molecule is O=C(Nc1ccc(C(=O)[N+]23CCSCC2=CNC=C2C3=CC=CC2F)c(Cl)c1)c1ccccc1-c1ccccc1. The number of carbonyl (C=O) groups is 2.